The summed E-state index contributed by atoms with van der Waals surface area (Å²) in [7, 11) is -0.771. The lowest BCUT2D eigenvalue weighted by Gasteiger charge is -2.14. The van der Waals surface area contributed by atoms with Crippen molar-refractivity contribution in [3.05, 3.63) is 52.3 Å². The number of amides is 1. The monoisotopic (exact) mass is 444 g/mol. The van der Waals surface area contributed by atoms with E-state index in [0.717, 1.165) is 4.31 Å². The zero-order valence-electron chi connectivity index (χ0n) is 14.4. The van der Waals surface area contributed by atoms with E-state index in [0.29, 0.717) is 15.7 Å². The fraction of sp³-hybridized carbons (Fsp3) is 0.235. The minimum absolute atomic E-state index is 0.0518. The highest BCUT2D eigenvalue weighted by Gasteiger charge is 2.19. The fourth-order valence-electron chi connectivity index (χ4n) is 2.03. The zero-order chi connectivity index (χ0) is 19.5. The highest BCUT2D eigenvalue weighted by molar-refractivity contribution is 9.10. The summed E-state index contributed by atoms with van der Waals surface area (Å²) in [6, 6.07) is 8.67. The van der Waals surface area contributed by atoms with Crippen molar-refractivity contribution < 1.29 is 22.3 Å². The van der Waals surface area contributed by atoms with Crippen LogP contribution in [0.4, 0.5) is 10.1 Å². The second-order valence-electron chi connectivity index (χ2n) is 5.68. The average molecular weight is 445 g/mol. The molecule has 0 bridgehead atoms. The highest BCUT2D eigenvalue weighted by atomic mass is 79.9. The number of rotatable bonds is 6. The van der Waals surface area contributed by atoms with Crippen LogP contribution in [0.2, 0.25) is 0 Å². The van der Waals surface area contributed by atoms with Crippen LogP contribution >= 0.6 is 15.9 Å². The van der Waals surface area contributed by atoms with Crippen molar-refractivity contribution in [2.75, 3.05) is 26.0 Å². The van der Waals surface area contributed by atoms with E-state index in [9.17, 15) is 17.6 Å². The maximum absolute atomic E-state index is 13.7. The maximum atomic E-state index is 13.7. The lowest BCUT2D eigenvalue weighted by atomic mass is 10.2. The normalized spacial score (nSPS) is 11.5. The van der Waals surface area contributed by atoms with Crippen LogP contribution in [0.25, 0.3) is 0 Å². The third-order valence-electron chi connectivity index (χ3n) is 3.51. The molecule has 0 fully saturated rings. The Morgan fingerprint density at radius 3 is 2.54 bits per heavy atom. The van der Waals surface area contributed by atoms with Gasteiger partial charge in [-0.1, -0.05) is 22.0 Å². The first-order valence-electron chi connectivity index (χ1n) is 7.52. The van der Waals surface area contributed by atoms with Gasteiger partial charge in [-0.15, -0.1) is 0 Å². The Hall–Kier alpha value is -1.97. The summed E-state index contributed by atoms with van der Waals surface area (Å²) in [5.41, 5.74) is 1.03. The maximum Gasteiger partial charge on any atom is 0.262 e. The molecule has 26 heavy (non-hydrogen) atoms. The van der Waals surface area contributed by atoms with Crippen molar-refractivity contribution in [1.82, 2.24) is 4.31 Å². The Kier molecular flexibility index (Phi) is 6.38. The lowest BCUT2D eigenvalue weighted by Crippen LogP contribution is -2.23. The van der Waals surface area contributed by atoms with E-state index in [4.69, 9.17) is 4.74 Å². The van der Waals surface area contributed by atoms with Gasteiger partial charge in [-0.25, -0.2) is 17.1 Å². The summed E-state index contributed by atoms with van der Waals surface area (Å²) in [6.45, 7) is 1.32. The number of hydrogen-bond acceptors (Lipinski definition) is 4. The van der Waals surface area contributed by atoms with Crippen LogP contribution in [-0.2, 0) is 14.8 Å². The van der Waals surface area contributed by atoms with Crippen molar-refractivity contribution >= 4 is 37.5 Å². The van der Waals surface area contributed by atoms with Gasteiger partial charge < -0.3 is 10.1 Å². The number of benzene rings is 2. The van der Waals surface area contributed by atoms with Crippen LogP contribution in [0.3, 0.4) is 0 Å². The molecule has 0 saturated carbocycles. The fourth-order valence-corrected chi connectivity index (χ4v) is 3.29. The molecule has 6 nitrogen and oxygen atoms in total. The number of ether oxygens (including phenoxy) is 1. The number of aryl methyl sites for hydroxylation is 1. The molecule has 0 heterocycles. The van der Waals surface area contributed by atoms with Gasteiger partial charge in [-0.05, 0) is 42.8 Å². The van der Waals surface area contributed by atoms with Gasteiger partial charge in [0.25, 0.3) is 5.91 Å². The number of hydrogen-bond donors (Lipinski definition) is 1. The first-order chi connectivity index (χ1) is 12.1. The van der Waals surface area contributed by atoms with Crippen LogP contribution < -0.4 is 10.1 Å². The summed E-state index contributed by atoms with van der Waals surface area (Å²) in [5, 5.41) is 2.58. The van der Waals surface area contributed by atoms with E-state index in [-0.39, 0.29) is 10.6 Å². The van der Waals surface area contributed by atoms with Gasteiger partial charge in [-0.2, -0.15) is 0 Å². The lowest BCUT2D eigenvalue weighted by molar-refractivity contribution is -0.118. The molecular weight excluding hydrogens is 427 g/mol. The van der Waals surface area contributed by atoms with Gasteiger partial charge in [0.2, 0.25) is 10.0 Å². The number of sulfonamides is 1. The Morgan fingerprint density at radius 1 is 1.23 bits per heavy atom. The van der Waals surface area contributed by atoms with Crippen LogP contribution in [0, 0.1) is 12.7 Å². The standard InChI is InChI=1S/C17H18BrFN2O4S/c1-11-4-6-13(26(23,24)21(2)3)9-15(11)20-17(22)10-25-16-7-5-12(18)8-14(16)19/h4-9H,10H2,1-3H3,(H,20,22). The van der Waals surface area contributed by atoms with Crippen LogP contribution in [0.1, 0.15) is 5.56 Å². The van der Waals surface area contributed by atoms with Crippen molar-refractivity contribution in [3.63, 3.8) is 0 Å². The number of anilines is 1. The Labute approximate surface area is 160 Å². The molecule has 140 valence electrons. The molecule has 0 aliphatic rings. The molecular formula is C17H18BrFN2O4S. The van der Waals surface area contributed by atoms with Crippen LogP contribution in [0.5, 0.6) is 5.75 Å². The molecule has 2 aromatic rings. The van der Waals surface area contributed by atoms with Crippen LogP contribution in [0.15, 0.2) is 45.8 Å². The van der Waals surface area contributed by atoms with Gasteiger partial charge in [0, 0.05) is 24.3 Å². The third-order valence-corrected chi connectivity index (χ3v) is 5.82. The minimum Gasteiger partial charge on any atom is -0.481 e. The van der Waals surface area contributed by atoms with E-state index in [1.807, 2.05) is 0 Å². The number of nitrogens with one attached hydrogen (secondary N) is 1. The van der Waals surface area contributed by atoms with Crippen molar-refractivity contribution in [2.45, 2.75) is 11.8 Å². The number of carbonyl (C=O) groups excluding carboxylic acids is 1. The van der Waals surface area contributed by atoms with Crippen molar-refractivity contribution in [3.8, 4) is 5.75 Å². The number of halogens is 2. The van der Waals surface area contributed by atoms with E-state index >= 15 is 0 Å². The summed E-state index contributed by atoms with van der Waals surface area (Å²) in [5.74, 6) is -1.18. The summed E-state index contributed by atoms with van der Waals surface area (Å²) < 4.78 is 44.9. The molecule has 0 aliphatic carbocycles. The molecule has 0 unspecified atom stereocenters. The first-order valence-corrected chi connectivity index (χ1v) is 9.75. The molecule has 1 amide bonds. The Balaban J connectivity index is 2.11. The minimum atomic E-state index is -3.62. The quantitative estimate of drug-likeness (QED) is 0.742. The number of carbonyl (C=O) groups is 1. The summed E-state index contributed by atoms with van der Waals surface area (Å²) in [4.78, 5) is 12.1. The first kappa shape index (κ1) is 20.3. The zero-order valence-corrected chi connectivity index (χ0v) is 16.8. The van der Waals surface area contributed by atoms with Gasteiger partial charge >= 0.3 is 0 Å². The SMILES string of the molecule is Cc1ccc(S(=O)(=O)N(C)C)cc1NC(=O)COc1ccc(Br)cc1F. The van der Waals surface area contributed by atoms with Crippen LogP contribution in [-0.4, -0.2) is 39.3 Å². The van der Waals surface area contributed by atoms with E-state index in [1.54, 1.807) is 19.1 Å². The van der Waals surface area contributed by atoms with E-state index < -0.39 is 28.4 Å². The molecule has 0 spiro atoms. The molecule has 0 saturated heterocycles. The van der Waals surface area contributed by atoms with Gasteiger partial charge in [-0.3, -0.25) is 4.79 Å². The summed E-state index contributed by atoms with van der Waals surface area (Å²) in [6.07, 6.45) is 0. The third kappa shape index (κ3) is 4.80. The molecule has 0 aliphatic heterocycles. The molecule has 1 N–H and O–H groups in total. The van der Waals surface area contributed by atoms with Crippen molar-refractivity contribution in [2.24, 2.45) is 0 Å². The molecule has 0 radical (unpaired) electrons. The smallest absolute Gasteiger partial charge is 0.262 e. The van der Waals surface area contributed by atoms with Crippen molar-refractivity contribution in [1.29, 1.82) is 0 Å². The molecule has 2 rings (SSSR count). The van der Waals surface area contributed by atoms with Gasteiger partial charge in [0.05, 0.1) is 4.90 Å². The average Bonchev–Trinajstić information content (AvgIpc) is 2.55. The van der Waals surface area contributed by atoms with E-state index in [1.165, 1.54) is 38.4 Å². The van der Waals surface area contributed by atoms with Gasteiger partial charge in [0.1, 0.15) is 0 Å². The highest BCUT2D eigenvalue weighted by Crippen LogP contribution is 2.23. The molecule has 2 aromatic carbocycles. The second-order valence-corrected chi connectivity index (χ2v) is 8.74. The Morgan fingerprint density at radius 2 is 1.92 bits per heavy atom. The molecule has 0 atom stereocenters. The van der Waals surface area contributed by atoms with E-state index in [2.05, 4.69) is 21.2 Å². The van der Waals surface area contributed by atoms with Gasteiger partial charge in [0.15, 0.2) is 18.2 Å². The topological polar surface area (TPSA) is 75.7 Å². The second kappa shape index (κ2) is 8.15. The molecule has 9 heteroatoms. The predicted octanol–water partition coefficient (Wildman–Crippen LogP) is 3.16. The predicted molar refractivity (Wildman–Crippen MR) is 100 cm³/mol. The largest absolute Gasteiger partial charge is 0.481 e. The molecule has 0 aromatic heterocycles. The number of nitrogens with zero attached hydrogens (tertiary/aromatic N) is 1. The Bertz CT molecular complexity index is 932. The summed E-state index contributed by atoms with van der Waals surface area (Å²) >= 11 is 3.13.